The van der Waals surface area contributed by atoms with Gasteiger partial charge in [-0.1, -0.05) is 0 Å². The average Bonchev–Trinajstić information content (AvgIpc) is 2.80. The van der Waals surface area contributed by atoms with E-state index in [1.54, 1.807) is 32.0 Å². The van der Waals surface area contributed by atoms with Crippen LogP contribution in [0.5, 0.6) is 11.5 Å². The van der Waals surface area contributed by atoms with Crippen LogP contribution in [0.1, 0.15) is 23.0 Å². The van der Waals surface area contributed by atoms with E-state index in [1.807, 2.05) is 0 Å². The summed E-state index contributed by atoms with van der Waals surface area (Å²) in [6.07, 6.45) is 0. The molecule has 1 aliphatic rings. The number of rotatable bonds is 5. The third-order valence-electron chi connectivity index (χ3n) is 5.05. The molecule has 0 unspecified atom stereocenters. The fourth-order valence-corrected chi connectivity index (χ4v) is 3.58. The molecule has 0 radical (unpaired) electrons. The zero-order valence-electron chi connectivity index (χ0n) is 18.3. The van der Waals surface area contributed by atoms with Gasteiger partial charge >= 0.3 is 11.7 Å². The highest BCUT2D eigenvalue weighted by atomic mass is 16.6. The summed E-state index contributed by atoms with van der Waals surface area (Å²) in [5.74, 6) is -0.273. The molecule has 0 fully saturated rings. The molecule has 0 spiro atoms. The Hall–Kier alpha value is -4.15. The first-order chi connectivity index (χ1) is 15.8. The number of aryl methyl sites for hydroxylation is 2. The molecule has 172 valence electrons. The Labute approximate surface area is 187 Å². The average molecular weight is 454 g/mol. The quantitative estimate of drug-likeness (QED) is 0.565. The summed E-state index contributed by atoms with van der Waals surface area (Å²) in [4.78, 5) is 55.4. The van der Waals surface area contributed by atoms with Crippen LogP contribution in [0.25, 0.3) is 11.0 Å². The summed E-state index contributed by atoms with van der Waals surface area (Å²) in [5, 5.41) is 2.55. The number of carbonyl (C=O) groups is 2. The van der Waals surface area contributed by atoms with Crippen molar-refractivity contribution in [1.82, 2.24) is 14.1 Å². The molecular formula is C22H22N4O7. The van der Waals surface area contributed by atoms with E-state index in [9.17, 15) is 19.2 Å². The fraction of sp³-hybridized carbons (Fsp3) is 0.318. The number of nitrogens with one attached hydrogen (secondary N) is 1. The van der Waals surface area contributed by atoms with Gasteiger partial charge in [0, 0.05) is 24.5 Å². The number of hydrogen-bond acceptors (Lipinski definition) is 8. The van der Waals surface area contributed by atoms with Gasteiger partial charge in [0.1, 0.15) is 25.4 Å². The monoisotopic (exact) mass is 454 g/mol. The summed E-state index contributed by atoms with van der Waals surface area (Å²) in [6.45, 7) is 3.66. The van der Waals surface area contributed by atoms with E-state index in [0.29, 0.717) is 36.1 Å². The van der Waals surface area contributed by atoms with E-state index < -0.39 is 29.7 Å². The van der Waals surface area contributed by atoms with Crippen molar-refractivity contribution in [2.24, 2.45) is 7.05 Å². The Kier molecular flexibility index (Phi) is 5.86. The second-order valence-corrected chi connectivity index (χ2v) is 7.37. The summed E-state index contributed by atoms with van der Waals surface area (Å²) in [5.41, 5.74) is -0.662. The van der Waals surface area contributed by atoms with Gasteiger partial charge in [-0.05, 0) is 32.0 Å². The van der Waals surface area contributed by atoms with Gasteiger partial charge in [-0.3, -0.25) is 18.7 Å². The number of benzene rings is 1. The van der Waals surface area contributed by atoms with Gasteiger partial charge in [0.25, 0.3) is 5.56 Å². The Morgan fingerprint density at radius 1 is 1.15 bits per heavy atom. The molecule has 0 saturated heterocycles. The van der Waals surface area contributed by atoms with Gasteiger partial charge < -0.3 is 19.5 Å². The maximum atomic E-state index is 13.2. The number of ether oxygens (including phenoxy) is 3. The van der Waals surface area contributed by atoms with Gasteiger partial charge in [-0.15, -0.1) is 0 Å². The molecule has 33 heavy (non-hydrogen) atoms. The van der Waals surface area contributed by atoms with Crippen LogP contribution < -0.4 is 26.0 Å². The number of pyridine rings is 1. The molecule has 1 aliphatic heterocycles. The molecule has 3 heterocycles. The third-order valence-corrected chi connectivity index (χ3v) is 5.05. The van der Waals surface area contributed by atoms with Gasteiger partial charge in [-0.2, -0.15) is 0 Å². The fourth-order valence-electron chi connectivity index (χ4n) is 3.58. The number of aromatic nitrogens is 3. The largest absolute Gasteiger partial charge is 0.486 e. The Bertz CT molecular complexity index is 1390. The van der Waals surface area contributed by atoms with E-state index in [-0.39, 0.29) is 23.2 Å². The highest BCUT2D eigenvalue weighted by Gasteiger charge is 2.22. The van der Waals surface area contributed by atoms with Crippen LogP contribution in [-0.4, -0.2) is 45.8 Å². The SMILES string of the molecule is CCOC(=O)c1cc(C)nc2c1c(=O)n(CC(=O)Nc1ccc3c(c1)OCCO3)c(=O)n2C. The lowest BCUT2D eigenvalue weighted by Crippen LogP contribution is -2.42. The van der Waals surface area contributed by atoms with Gasteiger partial charge in [0.15, 0.2) is 11.5 Å². The summed E-state index contributed by atoms with van der Waals surface area (Å²) in [7, 11) is 1.42. The molecular weight excluding hydrogens is 432 g/mol. The number of anilines is 1. The van der Waals surface area contributed by atoms with Crippen molar-refractivity contribution in [3.63, 3.8) is 0 Å². The molecule has 0 saturated carbocycles. The van der Waals surface area contributed by atoms with Gasteiger partial charge in [0.2, 0.25) is 5.91 Å². The Morgan fingerprint density at radius 3 is 2.61 bits per heavy atom. The van der Waals surface area contributed by atoms with E-state index in [1.165, 1.54) is 13.1 Å². The number of fused-ring (bicyclic) bond motifs is 2. The number of amides is 1. The highest BCUT2D eigenvalue weighted by molar-refractivity contribution is 6.02. The number of nitrogens with zero attached hydrogens (tertiary/aromatic N) is 3. The van der Waals surface area contributed by atoms with Crippen LogP contribution in [0, 0.1) is 6.92 Å². The maximum absolute atomic E-state index is 13.2. The lowest BCUT2D eigenvalue weighted by atomic mass is 10.1. The van der Waals surface area contributed by atoms with Crippen LogP contribution in [0.4, 0.5) is 5.69 Å². The minimum Gasteiger partial charge on any atom is -0.486 e. The number of esters is 1. The Morgan fingerprint density at radius 2 is 1.88 bits per heavy atom. The van der Waals surface area contributed by atoms with Crippen LogP contribution >= 0.6 is 0 Å². The van der Waals surface area contributed by atoms with Crippen molar-refractivity contribution in [3.8, 4) is 11.5 Å². The molecule has 0 bridgehead atoms. The minimum absolute atomic E-state index is 0.0130. The maximum Gasteiger partial charge on any atom is 0.339 e. The molecule has 0 aliphatic carbocycles. The summed E-state index contributed by atoms with van der Waals surface area (Å²) >= 11 is 0. The zero-order chi connectivity index (χ0) is 23.7. The van der Waals surface area contributed by atoms with Crippen LogP contribution in [0.15, 0.2) is 33.9 Å². The third kappa shape index (κ3) is 4.16. The second kappa shape index (κ2) is 8.77. The molecule has 0 atom stereocenters. The number of carbonyl (C=O) groups excluding carboxylic acids is 2. The normalized spacial score (nSPS) is 12.5. The van der Waals surface area contributed by atoms with Crippen molar-refractivity contribution in [2.45, 2.75) is 20.4 Å². The first-order valence-electron chi connectivity index (χ1n) is 10.3. The summed E-state index contributed by atoms with van der Waals surface area (Å²) < 4.78 is 17.9. The molecule has 11 heteroatoms. The van der Waals surface area contributed by atoms with Crippen LogP contribution in [0.2, 0.25) is 0 Å². The molecule has 2 aromatic heterocycles. The molecule has 3 aromatic rings. The van der Waals surface area contributed by atoms with E-state index >= 15 is 0 Å². The van der Waals surface area contributed by atoms with Crippen molar-refractivity contribution in [3.05, 3.63) is 56.4 Å². The van der Waals surface area contributed by atoms with Gasteiger partial charge in [0.05, 0.1) is 17.6 Å². The van der Waals surface area contributed by atoms with Gasteiger partial charge in [-0.25, -0.2) is 14.6 Å². The second-order valence-electron chi connectivity index (χ2n) is 7.37. The summed E-state index contributed by atoms with van der Waals surface area (Å²) in [6, 6.07) is 6.30. The van der Waals surface area contributed by atoms with E-state index in [0.717, 1.165) is 9.13 Å². The van der Waals surface area contributed by atoms with E-state index in [2.05, 4.69) is 10.3 Å². The molecule has 1 aromatic carbocycles. The Balaban J connectivity index is 1.72. The van der Waals surface area contributed by atoms with E-state index in [4.69, 9.17) is 14.2 Å². The molecule has 1 N–H and O–H groups in total. The first-order valence-corrected chi connectivity index (χ1v) is 10.3. The van der Waals surface area contributed by atoms with Crippen molar-refractivity contribution < 1.29 is 23.8 Å². The van der Waals surface area contributed by atoms with Crippen molar-refractivity contribution in [2.75, 3.05) is 25.1 Å². The van der Waals surface area contributed by atoms with Crippen LogP contribution in [0.3, 0.4) is 0 Å². The zero-order valence-corrected chi connectivity index (χ0v) is 18.3. The molecule has 11 nitrogen and oxygen atoms in total. The standard InChI is InChI=1S/C22H22N4O7/c1-4-31-21(29)14-9-12(2)23-19-18(14)20(28)26(22(30)25(19)3)11-17(27)24-13-5-6-15-16(10-13)33-8-7-32-15/h5-6,9-10H,4,7-8,11H2,1-3H3,(H,24,27). The topological polar surface area (TPSA) is 131 Å². The molecule has 1 amide bonds. The number of hydrogen-bond donors (Lipinski definition) is 1. The molecule has 4 rings (SSSR count). The highest BCUT2D eigenvalue weighted by Crippen LogP contribution is 2.32. The predicted molar refractivity (Wildman–Crippen MR) is 118 cm³/mol. The van der Waals surface area contributed by atoms with Crippen molar-refractivity contribution in [1.29, 1.82) is 0 Å². The lowest BCUT2D eigenvalue weighted by molar-refractivity contribution is -0.116. The van der Waals surface area contributed by atoms with Crippen LogP contribution in [-0.2, 0) is 23.1 Å². The minimum atomic E-state index is -0.805. The smallest absolute Gasteiger partial charge is 0.339 e. The lowest BCUT2D eigenvalue weighted by Gasteiger charge is -2.19. The van der Waals surface area contributed by atoms with Crippen molar-refractivity contribution >= 4 is 28.6 Å². The predicted octanol–water partition coefficient (Wildman–Crippen LogP) is 0.990. The first kappa shape index (κ1) is 22.1.